The van der Waals surface area contributed by atoms with E-state index in [0.717, 1.165) is 11.3 Å². The van der Waals surface area contributed by atoms with Crippen molar-refractivity contribution in [2.24, 2.45) is 0 Å². The van der Waals surface area contributed by atoms with E-state index >= 15 is 0 Å². The zero-order valence-corrected chi connectivity index (χ0v) is 10.1. The molecule has 0 atom stereocenters. The first-order valence-electron chi connectivity index (χ1n) is 4.65. The zero-order valence-electron chi connectivity index (χ0n) is 9.33. The molecule has 0 aromatic carbocycles. The first-order chi connectivity index (χ1) is 7.77. The van der Waals surface area contributed by atoms with Crippen LogP contribution in [0.15, 0.2) is 30.5 Å². The zero-order chi connectivity index (χ0) is 13.1. The number of aromatic nitrogens is 2. The van der Waals surface area contributed by atoms with Gasteiger partial charge in [-0.25, -0.2) is 4.40 Å². The molecule has 2 heterocycles. The standard InChI is InChI=1S/C10H11N2.ClHO4/c1-8-7-9(2)12-6-4-3-5-10(12)11-8;2-1(3,4)5/h3-7H,1-2H3;(H,2,3,4,5)/q+1;. The van der Waals surface area contributed by atoms with Crippen LogP contribution in [0.25, 0.3) is 5.65 Å². The molecule has 0 saturated carbocycles. The summed E-state index contributed by atoms with van der Waals surface area (Å²) in [6, 6.07) is 8.10. The highest BCUT2D eigenvalue weighted by Gasteiger charge is 2.05. The molecule has 0 spiro atoms. The van der Waals surface area contributed by atoms with Crippen LogP contribution in [0.3, 0.4) is 0 Å². The molecule has 17 heavy (non-hydrogen) atoms. The predicted octanol–water partition coefficient (Wildman–Crippen LogP) is -2.69. The molecule has 0 aliphatic rings. The van der Waals surface area contributed by atoms with Crippen molar-refractivity contribution in [2.45, 2.75) is 13.8 Å². The Bertz CT molecular complexity index is 507. The number of hydrogen-bond donors (Lipinski definition) is 1. The van der Waals surface area contributed by atoms with E-state index in [1.807, 2.05) is 31.3 Å². The third kappa shape index (κ3) is 5.03. The maximum absolute atomic E-state index is 8.60. The van der Waals surface area contributed by atoms with E-state index in [4.69, 9.17) is 18.6 Å². The summed E-state index contributed by atoms with van der Waals surface area (Å²) in [5, 5.41) is 0. The first kappa shape index (κ1) is 13.8. The molecule has 0 bridgehead atoms. The van der Waals surface area contributed by atoms with Crippen molar-refractivity contribution in [1.29, 1.82) is 0 Å². The molecule has 0 fully saturated rings. The summed E-state index contributed by atoms with van der Waals surface area (Å²) >= 11 is 0. The van der Waals surface area contributed by atoms with Crippen molar-refractivity contribution in [2.75, 3.05) is 0 Å². The first-order valence-corrected chi connectivity index (χ1v) is 5.91. The van der Waals surface area contributed by atoms with Crippen LogP contribution in [-0.4, -0.2) is 9.64 Å². The monoisotopic (exact) mass is 259 g/mol. The second kappa shape index (κ2) is 5.35. The summed E-state index contributed by atoms with van der Waals surface area (Å²) in [5.74, 6) is 0. The van der Waals surface area contributed by atoms with Gasteiger partial charge in [-0.3, -0.25) is 0 Å². The topological polar surface area (TPSA) is 106 Å². The van der Waals surface area contributed by atoms with Gasteiger partial charge in [0.25, 0.3) is 0 Å². The van der Waals surface area contributed by atoms with Crippen LogP contribution in [0.4, 0.5) is 0 Å². The van der Waals surface area contributed by atoms with Crippen LogP contribution in [0.1, 0.15) is 11.4 Å². The molecular weight excluding hydrogens is 248 g/mol. The van der Waals surface area contributed by atoms with Gasteiger partial charge in [0.15, 0.2) is 5.69 Å². The number of aryl methyl sites for hydroxylation is 2. The summed E-state index contributed by atoms with van der Waals surface area (Å²) in [6.07, 6.45) is 2.02. The highest BCUT2D eigenvalue weighted by molar-refractivity contribution is 5.29. The van der Waals surface area contributed by atoms with E-state index in [1.165, 1.54) is 5.69 Å². The Morgan fingerprint density at radius 1 is 1.24 bits per heavy atom. The van der Waals surface area contributed by atoms with Gasteiger partial charge in [0.2, 0.25) is 0 Å². The van der Waals surface area contributed by atoms with Crippen molar-refractivity contribution in [1.82, 2.24) is 4.98 Å². The molecule has 1 N–H and O–H groups in total. The van der Waals surface area contributed by atoms with E-state index in [0.29, 0.717) is 0 Å². The van der Waals surface area contributed by atoms with Crippen LogP contribution >= 0.6 is 0 Å². The van der Waals surface area contributed by atoms with E-state index < -0.39 is 10.2 Å². The SMILES string of the molecule is Cc1cc(C)[n+]2ccccc2n1.[O-][Cl+3]([O-])([O-])O. The highest BCUT2D eigenvalue weighted by atomic mass is 35.7. The Kier molecular flexibility index (Phi) is 4.33. The Morgan fingerprint density at radius 2 is 1.82 bits per heavy atom. The number of nitrogens with zero attached hydrogens (tertiary/aromatic N) is 2. The minimum absolute atomic E-state index is 1.01. The molecule has 0 radical (unpaired) electrons. The molecule has 0 aliphatic heterocycles. The molecule has 0 aliphatic carbocycles. The van der Waals surface area contributed by atoms with Gasteiger partial charge >= 0.3 is 5.65 Å². The average Bonchev–Trinajstić information content (AvgIpc) is 2.14. The highest BCUT2D eigenvalue weighted by Crippen LogP contribution is 1.98. The van der Waals surface area contributed by atoms with E-state index in [1.54, 1.807) is 0 Å². The van der Waals surface area contributed by atoms with Crippen LogP contribution in [0.5, 0.6) is 0 Å². The minimum Gasteiger partial charge on any atom is -0.201 e. The van der Waals surface area contributed by atoms with Gasteiger partial charge < -0.3 is 0 Å². The van der Waals surface area contributed by atoms with Crippen LogP contribution in [0, 0.1) is 24.1 Å². The maximum Gasteiger partial charge on any atom is 0.328 e. The van der Waals surface area contributed by atoms with Crippen LogP contribution in [0.2, 0.25) is 0 Å². The van der Waals surface area contributed by atoms with Gasteiger partial charge in [0.1, 0.15) is 5.69 Å². The normalized spacial score (nSPS) is 10.9. The summed E-state index contributed by atoms with van der Waals surface area (Å²) < 4.78 is 34.8. The summed E-state index contributed by atoms with van der Waals surface area (Å²) in [6.45, 7) is 4.10. The van der Waals surface area contributed by atoms with Gasteiger partial charge in [-0.2, -0.15) is 14.0 Å². The van der Waals surface area contributed by atoms with Gasteiger partial charge in [-0.1, -0.05) is 6.07 Å². The molecule has 2 rings (SSSR count). The quantitative estimate of drug-likeness (QED) is 0.519. The lowest BCUT2D eigenvalue weighted by Crippen LogP contribution is -2.58. The molecule has 0 saturated heterocycles. The smallest absolute Gasteiger partial charge is 0.201 e. The summed E-state index contributed by atoms with van der Waals surface area (Å²) in [4.78, 5) is 4.40. The lowest BCUT2D eigenvalue weighted by molar-refractivity contribution is -1.92. The molecule has 2 aromatic heterocycles. The number of halogens is 1. The van der Waals surface area contributed by atoms with Crippen LogP contribution < -0.4 is 18.4 Å². The van der Waals surface area contributed by atoms with E-state index in [-0.39, 0.29) is 0 Å². The Hall–Kier alpha value is -1.31. The van der Waals surface area contributed by atoms with Gasteiger partial charge in [0.05, 0.1) is 21.1 Å². The lowest BCUT2D eigenvalue weighted by atomic mass is 10.3. The molecule has 6 nitrogen and oxygen atoms in total. The number of hydrogen-bond acceptors (Lipinski definition) is 5. The van der Waals surface area contributed by atoms with Crippen molar-refractivity contribution >= 4 is 5.65 Å². The second-order valence-corrected chi connectivity index (χ2v) is 4.16. The second-order valence-electron chi connectivity index (χ2n) is 3.36. The Morgan fingerprint density at radius 3 is 2.41 bits per heavy atom. The predicted molar refractivity (Wildman–Crippen MR) is 49.1 cm³/mol. The molecular formula is C10H12ClN2O4+. The van der Waals surface area contributed by atoms with Crippen molar-refractivity contribution in [3.63, 3.8) is 0 Å². The molecule has 92 valence electrons. The van der Waals surface area contributed by atoms with Crippen molar-refractivity contribution in [3.8, 4) is 0 Å². The average molecular weight is 260 g/mol. The fourth-order valence-corrected chi connectivity index (χ4v) is 1.41. The number of rotatable bonds is 0. The molecule has 0 unspecified atom stereocenters. The van der Waals surface area contributed by atoms with E-state index in [9.17, 15) is 0 Å². The van der Waals surface area contributed by atoms with E-state index in [2.05, 4.69) is 22.4 Å². The summed E-state index contributed by atoms with van der Waals surface area (Å²) in [7, 11) is -4.69. The Balaban J connectivity index is 0.000000249. The molecule has 0 amide bonds. The third-order valence-corrected chi connectivity index (χ3v) is 1.93. The maximum atomic E-state index is 8.60. The molecule has 2 aromatic rings. The van der Waals surface area contributed by atoms with Gasteiger partial charge in [-0.15, -0.1) is 0 Å². The minimum atomic E-state index is -4.69. The Labute approximate surface area is 100 Å². The van der Waals surface area contributed by atoms with Gasteiger partial charge in [0, 0.05) is 19.1 Å². The lowest BCUT2D eigenvalue weighted by Gasteiger charge is -2.03. The fraction of sp³-hybridized carbons (Fsp3) is 0.200. The summed E-state index contributed by atoms with van der Waals surface area (Å²) in [5.41, 5.74) is 3.30. The fourth-order valence-electron chi connectivity index (χ4n) is 1.41. The van der Waals surface area contributed by atoms with Crippen molar-refractivity contribution < 1.29 is 33.3 Å². The molecule has 7 heteroatoms. The largest absolute Gasteiger partial charge is 0.328 e. The van der Waals surface area contributed by atoms with Crippen LogP contribution in [-0.2, 0) is 0 Å². The third-order valence-electron chi connectivity index (χ3n) is 1.93. The van der Waals surface area contributed by atoms with Crippen molar-refractivity contribution in [3.05, 3.63) is 41.9 Å². The number of fused-ring (bicyclic) bond motifs is 1. The number of pyridine rings is 1. The van der Waals surface area contributed by atoms with Gasteiger partial charge in [-0.05, 0) is 18.0 Å².